The van der Waals surface area contributed by atoms with E-state index < -0.39 is 11.6 Å². The molecule has 2 aromatic heterocycles. The number of benzene rings is 1. The zero-order chi connectivity index (χ0) is 22.6. The molecule has 7 heteroatoms. The van der Waals surface area contributed by atoms with E-state index in [0.29, 0.717) is 34.4 Å². The second kappa shape index (κ2) is 7.45. The summed E-state index contributed by atoms with van der Waals surface area (Å²) in [7, 11) is 0. The fourth-order valence-electron chi connectivity index (χ4n) is 4.88. The Morgan fingerprint density at radius 3 is 2.75 bits per heavy atom. The van der Waals surface area contributed by atoms with Crippen molar-refractivity contribution in [2.45, 2.75) is 64.7 Å². The third kappa shape index (κ3) is 2.88. The van der Waals surface area contributed by atoms with Crippen molar-refractivity contribution in [2.24, 2.45) is 0 Å². The van der Waals surface area contributed by atoms with E-state index in [4.69, 9.17) is 9.72 Å². The molecule has 2 aliphatic heterocycles. The fraction of sp³-hybridized carbons (Fsp3) is 0.400. The Balaban J connectivity index is 1.72. The smallest absolute Gasteiger partial charge is 0.343 e. The maximum absolute atomic E-state index is 13.3. The molecule has 1 aromatic carbocycles. The minimum atomic E-state index is -1.84. The molecule has 0 amide bonds. The van der Waals surface area contributed by atoms with Gasteiger partial charge in [0, 0.05) is 16.5 Å². The minimum absolute atomic E-state index is 0.106. The summed E-state index contributed by atoms with van der Waals surface area (Å²) in [5, 5.41) is 22.2. The number of phenolic OH excluding ortho intramolecular Hbond substituents is 1. The van der Waals surface area contributed by atoms with Gasteiger partial charge in [0.1, 0.15) is 12.4 Å². The van der Waals surface area contributed by atoms with Crippen LogP contribution in [0.4, 0.5) is 0 Å². The molecule has 32 heavy (non-hydrogen) atoms. The maximum Gasteiger partial charge on any atom is 0.343 e. The lowest BCUT2D eigenvalue weighted by molar-refractivity contribution is -0.172. The van der Waals surface area contributed by atoms with Gasteiger partial charge >= 0.3 is 5.97 Å². The minimum Gasteiger partial charge on any atom is -0.507 e. The zero-order valence-electron chi connectivity index (χ0n) is 18.3. The van der Waals surface area contributed by atoms with Crippen LogP contribution in [0.5, 0.6) is 5.75 Å². The molecule has 0 saturated carbocycles. The molecule has 5 rings (SSSR count). The lowest BCUT2D eigenvalue weighted by Crippen LogP contribution is -2.44. The van der Waals surface area contributed by atoms with Gasteiger partial charge < -0.3 is 19.5 Å². The first kappa shape index (κ1) is 20.7. The van der Waals surface area contributed by atoms with Crippen molar-refractivity contribution >= 4 is 16.9 Å². The Kier molecular flexibility index (Phi) is 4.82. The van der Waals surface area contributed by atoms with Crippen molar-refractivity contribution in [2.75, 3.05) is 0 Å². The highest BCUT2D eigenvalue weighted by atomic mass is 16.6. The molecule has 4 heterocycles. The summed E-state index contributed by atoms with van der Waals surface area (Å²) in [4.78, 5) is 30.5. The van der Waals surface area contributed by atoms with Crippen molar-refractivity contribution in [1.82, 2.24) is 9.55 Å². The Hall–Kier alpha value is -3.19. The highest BCUT2D eigenvalue weighted by Crippen LogP contribution is 2.40. The van der Waals surface area contributed by atoms with Crippen LogP contribution in [0.2, 0.25) is 0 Å². The number of aromatic hydroxyl groups is 1. The van der Waals surface area contributed by atoms with E-state index in [2.05, 4.69) is 6.92 Å². The predicted molar refractivity (Wildman–Crippen MR) is 119 cm³/mol. The zero-order valence-corrected chi connectivity index (χ0v) is 18.3. The second-order valence-corrected chi connectivity index (χ2v) is 8.70. The number of nitrogens with zero attached hydrogens (tertiary/aromatic N) is 2. The monoisotopic (exact) mass is 434 g/mol. The molecular weight excluding hydrogens is 408 g/mol. The average Bonchev–Trinajstić information content (AvgIpc) is 3.15. The quantitative estimate of drug-likeness (QED) is 0.368. The van der Waals surface area contributed by atoms with E-state index in [1.54, 1.807) is 23.6 Å². The van der Waals surface area contributed by atoms with E-state index in [-0.39, 0.29) is 24.3 Å². The number of phenols is 1. The maximum atomic E-state index is 13.3. The van der Waals surface area contributed by atoms with Crippen LogP contribution in [-0.4, -0.2) is 25.7 Å². The fourth-order valence-corrected chi connectivity index (χ4v) is 4.88. The molecule has 1 atom stereocenters. The van der Waals surface area contributed by atoms with Crippen LogP contribution in [-0.2, 0) is 34.7 Å². The van der Waals surface area contributed by atoms with Gasteiger partial charge in [0.05, 0.1) is 29.0 Å². The molecule has 0 saturated heterocycles. The van der Waals surface area contributed by atoms with Gasteiger partial charge in [-0.25, -0.2) is 9.78 Å². The molecular formula is C25H26N2O5. The van der Waals surface area contributed by atoms with Gasteiger partial charge in [0.25, 0.3) is 5.56 Å². The summed E-state index contributed by atoms with van der Waals surface area (Å²) < 4.78 is 6.73. The summed E-state index contributed by atoms with van der Waals surface area (Å²) in [5.74, 6) is -0.568. The Morgan fingerprint density at radius 2 is 2.00 bits per heavy atom. The molecule has 7 nitrogen and oxygen atoms in total. The molecule has 2 aliphatic rings. The normalized spacial score (nSPS) is 18.9. The van der Waals surface area contributed by atoms with Crippen molar-refractivity contribution in [3.8, 4) is 17.1 Å². The molecule has 2 N–H and O–H groups in total. The lowest BCUT2D eigenvalue weighted by atomic mass is 9.86. The highest BCUT2D eigenvalue weighted by molar-refractivity contribution is 5.91. The number of unbranched alkanes of at least 4 members (excludes halogenated alkanes) is 2. The van der Waals surface area contributed by atoms with Crippen LogP contribution < -0.4 is 5.56 Å². The number of hydrogen-bond donors (Lipinski definition) is 2. The first-order chi connectivity index (χ1) is 15.4. The lowest BCUT2D eigenvalue weighted by Gasteiger charge is -2.31. The molecule has 0 unspecified atom stereocenters. The van der Waals surface area contributed by atoms with Crippen LogP contribution in [0.1, 0.15) is 61.8 Å². The Morgan fingerprint density at radius 1 is 1.19 bits per heavy atom. The number of fused-ring (bicyclic) bond motifs is 5. The number of carbonyl (C=O) groups excluding carboxylic acids is 1. The van der Waals surface area contributed by atoms with Gasteiger partial charge in [-0.05, 0) is 43.0 Å². The Bertz CT molecular complexity index is 1330. The van der Waals surface area contributed by atoms with Crippen LogP contribution >= 0.6 is 0 Å². The molecule has 3 aromatic rings. The number of aromatic nitrogens is 2. The Labute approximate surface area is 185 Å². The standard InChI is InChI=1S/C25H26N2O5/c1-3-5-6-7-14-8-9-20(28)16-10-15-12-27-19(22(15)26-21(14)16)11-18-17(23(27)29)13-32-24(30)25(18,31)4-2/h8-11,28,31H,3-7,12-13H2,1-2H3/t25-/m0/s1. The van der Waals surface area contributed by atoms with Gasteiger partial charge in [-0.1, -0.05) is 32.8 Å². The first-order valence-electron chi connectivity index (χ1n) is 11.2. The van der Waals surface area contributed by atoms with E-state index in [1.165, 1.54) is 0 Å². The van der Waals surface area contributed by atoms with Gasteiger partial charge in [-0.3, -0.25) is 4.79 Å². The van der Waals surface area contributed by atoms with Gasteiger partial charge in [-0.15, -0.1) is 0 Å². The van der Waals surface area contributed by atoms with Gasteiger partial charge in [0.15, 0.2) is 5.60 Å². The van der Waals surface area contributed by atoms with Crippen LogP contribution in [0.25, 0.3) is 22.3 Å². The molecule has 0 bridgehead atoms. The van der Waals surface area contributed by atoms with Gasteiger partial charge in [0.2, 0.25) is 0 Å². The van der Waals surface area contributed by atoms with Crippen molar-refractivity contribution < 1.29 is 19.7 Å². The number of ether oxygens (including phenoxy) is 1. The number of pyridine rings is 2. The van der Waals surface area contributed by atoms with E-state index in [0.717, 1.165) is 42.3 Å². The number of aliphatic hydroxyl groups is 1. The highest BCUT2D eigenvalue weighted by Gasteiger charge is 2.45. The van der Waals surface area contributed by atoms with Crippen molar-refractivity contribution in [3.05, 3.63) is 56.9 Å². The number of esters is 1. The van der Waals surface area contributed by atoms with E-state index >= 15 is 0 Å². The molecule has 0 radical (unpaired) electrons. The molecule has 166 valence electrons. The van der Waals surface area contributed by atoms with Crippen LogP contribution in [0.3, 0.4) is 0 Å². The SMILES string of the molecule is CCCCCc1ccc(O)c2cc3c(nc12)-c1cc2c(c(=O)n1C3)COC(=O)[C@]2(O)CC. The predicted octanol–water partition coefficient (Wildman–Crippen LogP) is 3.52. The number of hydrogen-bond acceptors (Lipinski definition) is 6. The second-order valence-electron chi connectivity index (χ2n) is 8.70. The summed E-state index contributed by atoms with van der Waals surface area (Å²) >= 11 is 0. The number of carbonyl (C=O) groups is 1. The summed E-state index contributed by atoms with van der Waals surface area (Å²) in [5.41, 5.74) is 2.32. The topological polar surface area (TPSA) is 102 Å². The van der Waals surface area contributed by atoms with Crippen molar-refractivity contribution in [3.63, 3.8) is 0 Å². The third-order valence-corrected chi connectivity index (χ3v) is 6.79. The third-order valence-electron chi connectivity index (χ3n) is 6.79. The molecule has 0 fully saturated rings. The average molecular weight is 434 g/mol. The first-order valence-corrected chi connectivity index (χ1v) is 11.2. The number of aryl methyl sites for hydroxylation is 1. The van der Waals surface area contributed by atoms with Gasteiger partial charge in [-0.2, -0.15) is 0 Å². The van der Waals surface area contributed by atoms with Crippen LogP contribution in [0.15, 0.2) is 29.1 Å². The summed E-state index contributed by atoms with van der Waals surface area (Å²) in [6.45, 7) is 4.01. The molecule has 0 spiro atoms. The summed E-state index contributed by atoms with van der Waals surface area (Å²) in [6.07, 6.45) is 4.22. The summed E-state index contributed by atoms with van der Waals surface area (Å²) in [6, 6.07) is 7.22. The van der Waals surface area contributed by atoms with E-state index in [9.17, 15) is 19.8 Å². The van der Waals surface area contributed by atoms with E-state index in [1.807, 2.05) is 12.1 Å². The largest absolute Gasteiger partial charge is 0.507 e. The van der Waals surface area contributed by atoms with Crippen molar-refractivity contribution in [1.29, 1.82) is 0 Å². The molecule has 0 aliphatic carbocycles. The van der Waals surface area contributed by atoms with Crippen LogP contribution in [0, 0.1) is 0 Å². The number of rotatable bonds is 5. The number of cyclic esters (lactones) is 1.